The lowest BCUT2D eigenvalue weighted by atomic mass is 10.1. The number of nitrogens with zero attached hydrogens (tertiary/aromatic N) is 2. The Morgan fingerprint density at radius 2 is 1.79 bits per heavy atom. The zero-order valence-electron chi connectivity index (χ0n) is 16.2. The maximum Gasteiger partial charge on any atom is 0.261 e. The predicted molar refractivity (Wildman–Crippen MR) is 107 cm³/mol. The van der Waals surface area contributed by atoms with Crippen LogP contribution in [0.25, 0.3) is 10.9 Å². The second-order valence-corrected chi connectivity index (χ2v) is 6.35. The number of carbonyl (C=O) groups is 1. The Kier molecular flexibility index (Phi) is 5.93. The van der Waals surface area contributed by atoms with E-state index in [2.05, 4.69) is 10.3 Å². The van der Waals surface area contributed by atoms with Crippen LogP contribution in [-0.4, -0.2) is 36.2 Å². The number of benzene rings is 2. The Hall–Kier alpha value is -3.35. The highest BCUT2D eigenvalue weighted by Gasteiger charge is 2.13. The van der Waals surface area contributed by atoms with E-state index in [-0.39, 0.29) is 11.5 Å². The van der Waals surface area contributed by atoms with Gasteiger partial charge in [-0.2, -0.15) is 0 Å². The highest BCUT2D eigenvalue weighted by molar-refractivity contribution is 5.82. The van der Waals surface area contributed by atoms with E-state index >= 15 is 0 Å². The molecule has 7 heteroatoms. The van der Waals surface area contributed by atoms with Gasteiger partial charge in [0, 0.05) is 19.2 Å². The molecule has 0 saturated heterocycles. The molecule has 0 radical (unpaired) electrons. The number of hydrogen-bond acceptors (Lipinski definition) is 5. The van der Waals surface area contributed by atoms with Gasteiger partial charge < -0.3 is 14.8 Å². The van der Waals surface area contributed by atoms with Crippen molar-refractivity contribution >= 4 is 16.8 Å². The molecule has 0 aliphatic carbocycles. The molecule has 1 heterocycles. The van der Waals surface area contributed by atoms with Crippen LogP contribution < -0.4 is 20.3 Å². The van der Waals surface area contributed by atoms with Crippen LogP contribution in [0.4, 0.5) is 0 Å². The Balaban J connectivity index is 1.75. The Morgan fingerprint density at radius 1 is 1.11 bits per heavy atom. The summed E-state index contributed by atoms with van der Waals surface area (Å²) >= 11 is 0. The number of rotatable bonds is 7. The standard InChI is InChI=1S/C21H23N3O4/c1-14-23-17-13-19(28-3)18(27-2)12-16(17)21(26)24(14)10-9-22-20(25)11-15-7-5-4-6-8-15/h4-8,12-13H,9-11H2,1-3H3,(H,22,25). The summed E-state index contributed by atoms with van der Waals surface area (Å²) in [5.74, 6) is 1.48. The molecule has 1 aromatic heterocycles. The minimum Gasteiger partial charge on any atom is -0.493 e. The first-order chi connectivity index (χ1) is 13.5. The van der Waals surface area contributed by atoms with Gasteiger partial charge in [0.1, 0.15) is 5.82 Å². The van der Waals surface area contributed by atoms with Crippen LogP contribution in [0, 0.1) is 6.92 Å². The monoisotopic (exact) mass is 381 g/mol. The van der Waals surface area contributed by atoms with Crippen LogP contribution in [0.3, 0.4) is 0 Å². The van der Waals surface area contributed by atoms with Crippen molar-refractivity contribution in [3.05, 3.63) is 64.2 Å². The molecule has 28 heavy (non-hydrogen) atoms. The molecule has 7 nitrogen and oxygen atoms in total. The third kappa shape index (κ3) is 4.14. The van der Waals surface area contributed by atoms with Crippen LogP contribution in [0.2, 0.25) is 0 Å². The van der Waals surface area contributed by atoms with Gasteiger partial charge in [-0.25, -0.2) is 4.98 Å². The number of fused-ring (bicyclic) bond motifs is 1. The molecule has 0 atom stereocenters. The van der Waals surface area contributed by atoms with Crippen molar-refractivity contribution in [3.63, 3.8) is 0 Å². The lowest BCUT2D eigenvalue weighted by molar-refractivity contribution is -0.120. The average Bonchev–Trinajstić information content (AvgIpc) is 2.70. The van der Waals surface area contributed by atoms with Gasteiger partial charge in [-0.05, 0) is 18.6 Å². The zero-order chi connectivity index (χ0) is 20.1. The van der Waals surface area contributed by atoms with Crippen LogP contribution in [0.5, 0.6) is 11.5 Å². The maximum absolute atomic E-state index is 12.9. The largest absolute Gasteiger partial charge is 0.493 e. The summed E-state index contributed by atoms with van der Waals surface area (Å²) in [6.07, 6.45) is 0.307. The van der Waals surface area contributed by atoms with Gasteiger partial charge in [-0.3, -0.25) is 14.2 Å². The summed E-state index contributed by atoms with van der Waals surface area (Å²) in [5, 5.41) is 3.30. The molecule has 0 bridgehead atoms. The number of methoxy groups -OCH3 is 2. The van der Waals surface area contributed by atoms with Gasteiger partial charge in [-0.1, -0.05) is 30.3 Å². The number of aromatic nitrogens is 2. The van der Waals surface area contributed by atoms with Gasteiger partial charge in [0.25, 0.3) is 5.56 Å². The Labute approximate surface area is 162 Å². The van der Waals surface area contributed by atoms with Gasteiger partial charge in [0.05, 0.1) is 31.5 Å². The molecule has 0 aliphatic rings. The summed E-state index contributed by atoms with van der Waals surface area (Å²) in [5.41, 5.74) is 1.31. The molecule has 3 rings (SSSR count). The minimum atomic E-state index is -0.180. The van der Waals surface area contributed by atoms with E-state index < -0.39 is 0 Å². The van der Waals surface area contributed by atoms with E-state index in [4.69, 9.17) is 9.47 Å². The van der Waals surface area contributed by atoms with E-state index in [0.29, 0.717) is 47.7 Å². The normalized spacial score (nSPS) is 10.7. The molecule has 2 aromatic carbocycles. The molecule has 1 N–H and O–H groups in total. The van der Waals surface area contributed by atoms with Crippen molar-refractivity contribution < 1.29 is 14.3 Å². The first kappa shape index (κ1) is 19.4. The summed E-state index contributed by atoms with van der Waals surface area (Å²) in [4.78, 5) is 29.5. The van der Waals surface area contributed by atoms with Crippen LogP contribution >= 0.6 is 0 Å². The van der Waals surface area contributed by atoms with Crippen LogP contribution in [0.1, 0.15) is 11.4 Å². The van der Waals surface area contributed by atoms with Crippen molar-refractivity contribution in [3.8, 4) is 11.5 Å². The summed E-state index contributed by atoms with van der Waals surface area (Å²) in [6, 6.07) is 12.8. The molecule has 0 fully saturated rings. The molecule has 0 unspecified atom stereocenters. The quantitative estimate of drug-likeness (QED) is 0.678. The fourth-order valence-corrected chi connectivity index (χ4v) is 3.07. The number of ether oxygens (including phenoxy) is 2. The van der Waals surface area contributed by atoms with Crippen LogP contribution in [-0.2, 0) is 17.8 Å². The lowest BCUT2D eigenvalue weighted by Crippen LogP contribution is -2.33. The number of hydrogen-bond donors (Lipinski definition) is 1. The molecular weight excluding hydrogens is 358 g/mol. The lowest BCUT2D eigenvalue weighted by Gasteiger charge is -2.13. The SMILES string of the molecule is COc1cc2nc(C)n(CCNC(=O)Cc3ccccc3)c(=O)c2cc1OC. The van der Waals surface area contributed by atoms with Gasteiger partial charge in [0.2, 0.25) is 5.91 Å². The highest BCUT2D eigenvalue weighted by atomic mass is 16.5. The van der Waals surface area contributed by atoms with Crippen molar-refractivity contribution in [2.45, 2.75) is 19.9 Å². The van der Waals surface area contributed by atoms with Crippen LogP contribution in [0.15, 0.2) is 47.3 Å². The summed E-state index contributed by atoms with van der Waals surface area (Å²) in [7, 11) is 3.06. The molecule has 146 valence electrons. The minimum absolute atomic E-state index is 0.0861. The van der Waals surface area contributed by atoms with E-state index in [1.807, 2.05) is 30.3 Å². The number of nitrogens with one attached hydrogen (secondary N) is 1. The van der Waals surface area contributed by atoms with Crippen molar-refractivity contribution in [2.24, 2.45) is 0 Å². The Bertz CT molecular complexity index is 1040. The smallest absolute Gasteiger partial charge is 0.261 e. The van der Waals surface area contributed by atoms with Crippen molar-refractivity contribution in [2.75, 3.05) is 20.8 Å². The summed E-state index contributed by atoms with van der Waals surface area (Å²) in [6.45, 7) is 2.44. The topological polar surface area (TPSA) is 82.5 Å². The molecule has 0 saturated carbocycles. The number of amides is 1. The molecule has 3 aromatic rings. The van der Waals surface area contributed by atoms with Crippen molar-refractivity contribution in [1.82, 2.24) is 14.9 Å². The Morgan fingerprint density at radius 3 is 2.46 bits per heavy atom. The zero-order valence-corrected chi connectivity index (χ0v) is 16.2. The second-order valence-electron chi connectivity index (χ2n) is 6.35. The molecule has 1 amide bonds. The van der Waals surface area contributed by atoms with Gasteiger partial charge in [-0.15, -0.1) is 0 Å². The number of aryl methyl sites for hydroxylation is 1. The van der Waals surface area contributed by atoms with Crippen molar-refractivity contribution in [1.29, 1.82) is 0 Å². The fraction of sp³-hybridized carbons (Fsp3) is 0.286. The van der Waals surface area contributed by atoms with Gasteiger partial charge >= 0.3 is 0 Å². The third-order valence-electron chi connectivity index (χ3n) is 4.52. The molecular formula is C21H23N3O4. The highest BCUT2D eigenvalue weighted by Crippen LogP contribution is 2.30. The third-order valence-corrected chi connectivity index (χ3v) is 4.52. The average molecular weight is 381 g/mol. The fourth-order valence-electron chi connectivity index (χ4n) is 3.07. The van der Waals surface area contributed by atoms with E-state index in [0.717, 1.165) is 5.56 Å². The van der Waals surface area contributed by atoms with Gasteiger partial charge in [0.15, 0.2) is 11.5 Å². The van der Waals surface area contributed by atoms with E-state index in [1.54, 1.807) is 23.6 Å². The number of carbonyl (C=O) groups excluding carboxylic acids is 1. The first-order valence-electron chi connectivity index (χ1n) is 8.97. The molecule has 0 aliphatic heterocycles. The predicted octanol–water partition coefficient (Wildman–Crippen LogP) is 2.08. The summed E-state index contributed by atoms with van der Waals surface area (Å²) < 4.78 is 12.1. The second kappa shape index (κ2) is 8.56. The van der Waals surface area contributed by atoms with E-state index in [1.165, 1.54) is 14.2 Å². The van der Waals surface area contributed by atoms with E-state index in [9.17, 15) is 9.59 Å². The molecule has 0 spiro atoms. The maximum atomic E-state index is 12.9. The first-order valence-corrected chi connectivity index (χ1v) is 8.97.